The Morgan fingerprint density at radius 1 is 1.50 bits per heavy atom. The highest BCUT2D eigenvalue weighted by molar-refractivity contribution is 9.11. The first-order chi connectivity index (χ1) is 5.86. The van der Waals surface area contributed by atoms with Crippen LogP contribution in [0.4, 0.5) is 0 Å². The fraction of sp³-hybridized carbons (Fsp3) is 0.714. The van der Waals surface area contributed by atoms with Gasteiger partial charge in [0.25, 0.3) is 0 Å². The molecule has 1 fully saturated rings. The normalized spacial score (nSPS) is 24.2. The predicted octanol–water partition coefficient (Wildman–Crippen LogP) is 2.54. The topological polar surface area (TPSA) is 35.0 Å². The molecule has 1 saturated heterocycles. The van der Waals surface area contributed by atoms with Gasteiger partial charge in [0.2, 0.25) is 0 Å². The van der Waals surface area contributed by atoms with Crippen LogP contribution in [0.1, 0.15) is 31.2 Å². The highest BCUT2D eigenvalue weighted by atomic mass is 79.9. The molecule has 1 aliphatic rings. The molecule has 1 aromatic rings. The van der Waals surface area contributed by atoms with Gasteiger partial charge in [0.15, 0.2) is 9.74 Å². The molecular weight excluding hydrogens is 240 g/mol. The van der Waals surface area contributed by atoms with E-state index < -0.39 is 0 Å². The number of hydrogen-bond acceptors (Lipinski definition) is 4. The average Bonchev–Trinajstić information content (AvgIpc) is 2.54. The highest BCUT2D eigenvalue weighted by Gasteiger charge is 2.19. The number of aromatic nitrogens is 2. The fourth-order valence-corrected chi connectivity index (χ4v) is 2.15. The Balaban J connectivity index is 2.08. The van der Waals surface area contributed by atoms with Crippen LogP contribution in [0.3, 0.4) is 0 Å². The Morgan fingerprint density at radius 2 is 2.42 bits per heavy atom. The third-order valence-corrected chi connectivity index (χ3v) is 3.02. The van der Waals surface area contributed by atoms with Gasteiger partial charge in [-0.3, -0.25) is 0 Å². The second-order valence-electron chi connectivity index (χ2n) is 2.76. The van der Waals surface area contributed by atoms with Crippen molar-refractivity contribution in [3.63, 3.8) is 0 Å². The molecule has 0 N–H and O–H groups in total. The Hall–Kier alpha value is -0.0000000000000000555. The Labute approximate surface area is 83.5 Å². The van der Waals surface area contributed by atoms with E-state index in [1.807, 2.05) is 0 Å². The summed E-state index contributed by atoms with van der Waals surface area (Å²) in [6.45, 7) is 0.849. The summed E-state index contributed by atoms with van der Waals surface area (Å²) in [5.74, 6) is 0.839. The average molecular weight is 249 g/mol. The summed E-state index contributed by atoms with van der Waals surface area (Å²) in [5, 5.41) is 0. The molecule has 1 aliphatic heterocycles. The van der Waals surface area contributed by atoms with Gasteiger partial charge in [0, 0.05) is 6.61 Å². The van der Waals surface area contributed by atoms with E-state index in [-0.39, 0.29) is 6.10 Å². The largest absolute Gasteiger partial charge is 0.370 e. The molecule has 0 radical (unpaired) electrons. The van der Waals surface area contributed by atoms with E-state index in [2.05, 4.69) is 25.3 Å². The molecule has 0 aromatic carbocycles. The first-order valence-corrected chi connectivity index (χ1v) is 5.53. The zero-order chi connectivity index (χ0) is 8.39. The Bertz CT molecular complexity index is 260. The number of nitrogens with zero attached hydrogens (tertiary/aromatic N) is 2. The van der Waals surface area contributed by atoms with E-state index in [1.165, 1.54) is 24.4 Å². The molecule has 2 heterocycles. The summed E-state index contributed by atoms with van der Waals surface area (Å²) in [4.78, 5) is 4.23. The van der Waals surface area contributed by atoms with Crippen LogP contribution >= 0.6 is 27.5 Å². The third kappa shape index (κ3) is 1.84. The molecule has 1 atom stereocenters. The van der Waals surface area contributed by atoms with Crippen molar-refractivity contribution < 1.29 is 4.74 Å². The molecular formula is C7H9BrN2OS. The van der Waals surface area contributed by atoms with Gasteiger partial charge in [-0.2, -0.15) is 4.37 Å². The maximum atomic E-state index is 5.54. The van der Waals surface area contributed by atoms with Crippen molar-refractivity contribution in [2.45, 2.75) is 25.4 Å². The van der Waals surface area contributed by atoms with Gasteiger partial charge in [-0.05, 0) is 46.7 Å². The SMILES string of the molecule is Brc1nc(C2CCCCO2)ns1. The first-order valence-electron chi connectivity index (χ1n) is 3.97. The lowest BCUT2D eigenvalue weighted by Gasteiger charge is -2.19. The first kappa shape index (κ1) is 8.59. The molecule has 0 aliphatic carbocycles. The molecule has 0 bridgehead atoms. The van der Waals surface area contributed by atoms with Crippen LogP contribution in [0, 0.1) is 0 Å². The second kappa shape index (κ2) is 3.81. The molecule has 0 spiro atoms. The smallest absolute Gasteiger partial charge is 0.179 e. The molecule has 1 unspecified atom stereocenters. The summed E-state index contributed by atoms with van der Waals surface area (Å²) in [6, 6.07) is 0. The summed E-state index contributed by atoms with van der Waals surface area (Å²) in [7, 11) is 0. The molecule has 0 amide bonds. The van der Waals surface area contributed by atoms with Crippen LogP contribution in [-0.4, -0.2) is 16.0 Å². The molecule has 66 valence electrons. The number of rotatable bonds is 1. The van der Waals surface area contributed by atoms with Crippen LogP contribution in [0.15, 0.2) is 3.92 Å². The summed E-state index contributed by atoms with van der Waals surface area (Å²) < 4.78 is 10.6. The van der Waals surface area contributed by atoms with Crippen molar-refractivity contribution in [3.05, 3.63) is 9.74 Å². The van der Waals surface area contributed by atoms with E-state index in [0.29, 0.717) is 0 Å². The number of ether oxygens (including phenoxy) is 1. The lowest BCUT2D eigenvalue weighted by Crippen LogP contribution is -2.12. The van der Waals surface area contributed by atoms with E-state index in [1.54, 1.807) is 0 Å². The molecule has 1 aromatic heterocycles. The summed E-state index contributed by atoms with van der Waals surface area (Å²) >= 11 is 4.66. The van der Waals surface area contributed by atoms with Crippen LogP contribution < -0.4 is 0 Å². The quantitative estimate of drug-likeness (QED) is 0.767. The van der Waals surface area contributed by atoms with Crippen LogP contribution in [0.2, 0.25) is 0 Å². The van der Waals surface area contributed by atoms with Crippen molar-refractivity contribution in [2.24, 2.45) is 0 Å². The maximum absolute atomic E-state index is 5.54. The number of hydrogen-bond donors (Lipinski definition) is 0. The second-order valence-corrected chi connectivity index (χ2v) is 4.79. The lowest BCUT2D eigenvalue weighted by atomic mass is 10.1. The minimum Gasteiger partial charge on any atom is -0.370 e. The van der Waals surface area contributed by atoms with Gasteiger partial charge in [-0.15, -0.1) is 0 Å². The molecule has 0 saturated carbocycles. The van der Waals surface area contributed by atoms with Crippen LogP contribution in [0.25, 0.3) is 0 Å². The predicted molar refractivity (Wildman–Crippen MR) is 50.2 cm³/mol. The third-order valence-electron chi connectivity index (χ3n) is 1.88. The molecule has 5 heteroatoms. The van der Waals surface area contributed by atoms with Gasteiger partial charge in [0.1, 0.15) is 6.10 Å². The van der Waals surface area contributed by atoms with Crippen molar-refractivity contribution in [2.75, 3.05) is 6.61 Å². The minimum atomic E-state index is 0.140. The van der Waals surface area contributed by atoms with Crippen LogP contribution in [0.5, 0.6) is 0 Å². The van der Waals surface area contributed by atoms with Gasteiger partial charge in [-0.25, -0.2) is 4.98 Å². The van der Waals surface area contributed by atoms with Crippen molar-refractivity contribution >= 4 is 27.5 Å². The van der Waals surface area contributed by atoms with E-state index in [0.717, 1.165) is 22.8 Å². The molecule has 12 heavy (non-hydrogen) atoms. The highest BCUT2D eigenvalue weighted by Crippen LogP contribution is 2.27. The minimum absolute atomic E-state index is 0.140. The van der Waals surface area contributed by atoms with E-state index in [4.69, 9.17) is 4.74 Å². The Morgan fingerprint density at radius 3 is 3.00 bits per heavy atom. The zero-order valence-electron chi connectivity index (χ0n) is 6.49. The monoisotopic (exact) mass is 248 g/mol. The summed E-state index contributed by atoms with van der Waals surface area (Å²) in [5.41, 5.74) is 0. The number of halogens is 1. The van der Waals surface area contributed by atoms with Crippen molar-refractivity contribution in [3.8, 4) is 0 Å². The van der Waals surface area contributed by atoms with Gasteiger partial charge < -0.3 is 4.74 Å². The van der Waals surface area contributed by atoms with E-state index in [9.17, 15) is 0 Å². The molecule has 2 rings (SSSR count). The van der Waals surface area contributed by atoms with E-state index >= 15 is 0 Å². The maximum Gasteiger partial charge on any atom is 0.179 e. The zero-order valence-corrected chi connectivity index (χ0v) is 8.90. The molecule has 3 nitrogen and oxygen atoms in total. The fourth-order valence-electron chi connectivity index (χ4n) is 1.29. The Kier molecular flexibility index (Phi) is 2.73. The van der Waals surface area contributed by atoms with Crippen molar-refractivity contribution in [1.29, 1.82) is 0 Å². The van der Waals surface area contributed by atoms with Crippen molar-refractivity contribution in [1.82, 2.24) is 9.36 Å². The van der Waals surface area contributed by atoms with Gasteiger partial charge >= 0.3 is 0 Å². The van der Waals surface area contributed by atoms with Crippen LogP contribution in [-0.2, 0) is 4.74 Å². The standard InChI is InChI=1S/C7H9BrN2OS/c8-7-9-6(10-12-7)5-3-1-2-4-11-5/h5H,1-4H2. The summed E-state index contributed by atoms with van der Waals surface area (Å²) in [6.07, 6.45) is 3.59. The van der Waals surface area contributed by atoms with Gasteiger partial charge in [-0.1, -0.05) is 0 Å². The van der Waals surface area contributed by atoms with Gasteiger partial charge in [0.05, 0.1) is 0 Å². The lowest BCUT2D eigenvalue weighted by molar-refractivity contribution is 0.0101.